The maximum atomic E-state index is 5.34. The van der Waals surface area contributed by atoms with E-state index in [2.05, 4.69) is 43.4 Å². The number of anilines is 1. The fourth-order valence-electron chi connectivity index (χ4n) is 2.01. The number of hydrogen-bond donors (Lipinski definition) is 1. The molecule has 0 bridgehead atoms. The average Bonchev–Trinajstić information content (AvgIpc) is 2.90. The molecule has 0 aliphatic rings. The first-order valence-corrected chi connectivity index (χ1v) is 6.66. The van der Waals surface area contributed by atoms with Gasteiger partial charge in [0.15, 0.2) is 0 Å². The minimum absolute atomic E-state index is 0.447. The molecular formula is C16H21NO. The molecule has 2 heteroatoms. The van der Waals surface area contributed by atoms with Crippen molar-refractivity contribution in [3.05, 3.63) is 54.0 Å². The van der Waals surface area contributed by atoms with Gasteiger partial charge < -0.3 is 9.73 Å². The van der Waals surface area contributed by atoms with Crippen LogP contribution in [0.15, 0.2) is 47.1 Å². The molecule has 0 aliphatic heterocycles. The molecule has 0 fully saturated rings. The Hall–Kier alpha value is -1.70. The van der Waals surface area contributed by atoms with E-state index in [9.17, 15) is 0 Å². The summed E-state index contributed by atoms with van der Waals surface area (Å²) in [5.41, 5.74) is 2.57. The monoisotopic (exact) mass is 243 g/mol. The van der Waals surface area contributed by atoms with E-state index in [0.29, 0.717) is 6.04 Å². The molecule has 1 N–H and O–H groups in total. The van der Waals surface area contributed by atoms with Crippen molar-refractivity contribution in [3.8, 4) is 0 Å². The fourth-order valence-corrected chi connectivity index (χ4v) is 2.01. The van der Waals surface area contributed by atoms with E-state index in [0.717, 1.165) is 25.0 Å². The van der Waals surface area contributed by atoms with Gasteiger partial charge in [-0.3, -0.25) is 0 Å². The van der Waals surface area contributed by atoms with Crippen molar-refractivity contribution < 1.29 is 4.42 Å². The summed E-state index contributed by atoms with van der Waals surface area (Å²) in [4.78, 5) is 0. The van der Waals surface area contributed by atoms with Gasteiger partial charge in [-0.15, -0.1) is 0 Å². The zero-order valence-electron chi connectivity index (χ0n) is 11.1. The quantitative estimate of drug-likeness (QED) is 0.819. The van der Waals surface area contributed by atoms with Crippen molar-refractivity contribution in [2.24, 2.45) is 0 Å². The molecule has 1 unspecified atom stereocenters. The van der Waals surface area contributed by atoms with Crippen molar-refractivity contribution >= 4 is 5.69 Å². The van der Waals surface area contributed by atoms with Gasteiger partial charge in [-0.25, -0.2) is 0 Å². The van der Waals surface area contributed by atoms with Gasteiger partial charge in [0.2, 0.25) is 0 Å². The van der Waals surface area contributed by atoms with Crippen LogP contribution in [0.25, 0.3) is 0 Å². The van der Waals surface area contributed by atoms with Crippen molar-refractivity contribution in [1.29, 1.82) is 0 Å². The zero-order valence-corrected chi connectivity index (χ0v) is 11.1. The van der Waals surface area contributed by atoms with Gasteiger partial charge >= 0.3 is 0 Å². The lowest BCUT2D eigenvalue weighted by molar-refractivity contribution is 0.495. The van der Waals surface area contributed by atoms with Crippen LogP contribution in [0.2, 0.25) is 0 Å². The van der Waals surface area contributed by atoms with Crippen LogP contribution >= 0.6 is 0 Å². The van der Waals surface area contributed by atoms with Gasteiger partial charge in [0.1, 0.15) is 5.76 Å². The number of benzene rings is 1. The molecule has 2 nitrogen and oxygen atoms in total. The SMILES string of the molecule is CCc1ccc(NC(C)CCc2ccco2)cc1. The summed E-state index contributed by atoms with van der Waals surface area (Å²) in [7, 11) is 0. The molecule has 1 aromatic carbocycles. The lowest BCUT2D eigenvalue weighted by Crippen LogP contribution is -2.15. The van der Waals surface area contributed by atoms with Crippen LogP contribution in [0, 0.1) is 0 Å². The summed E-state index contributed by atoms with van der Waals surface area (Å²) in [5.74, 6) is 1.06. The predicted octanol–water partition coefficient (Wildman–Crippen LogP) is 4.28. The summed E-state index contributed by atoms with van der Waals surface area (Å²) in [6, 6.07) is 13.1. The molecule has 0 amide bonds. The first kappa shape index (κ1) is 12.7. The molecule has 0 aliphatic carbocycles. The molecule has 18 heavy (non-hydrogen) atoms. The van der Waals surface area contributed by atoms with E-state index in [1.165, 1.54) is 11.3 Å². The largest absolute Gasteiger partial charge is 0.469 e. The van der Waals surface area contributed by atoms with Crippen LogP contribution in [0.5, 0.6) is 0 Å². The lowest BCUT2D eigenvalue weighted by Gasteiger charge is -2.14. The third-order valence-corrected chi connectivity index (χ3v) is 3.18. The third kappa shape index (κ3) is 3.66. The molecule has 1 atom stereocenters. The second-order valence-corrected chi connectivity index (χ2v) is 4.71. The number of aryl methyl sites for hydroxylation is 2. The number of furan rings is 1. The number of rotatable bonds is 6. The summed E-state index contributed by atoms with van der Waals surface area (Å²) in [5, 5.41) is 3.51. The highest BCUT2D eigenvalue weighted by Gasteiger charge is 2.04. The normalized spacial score (nSPS) is 12.3. The Morgan fingerprint density at radius 3 is 2.56 bits per heavy atom. The molecule has 0 spiro atoms. The predicted molar refractivity (Wildman–Crippen MR) is 75.9 cm³/mol. The van der Waals surface area contributed by atoms with E-state index < -0.39 is 0 Å². The van der Waals surface area contributed by atoms with Crippen molar-refractivity contribution in [1.82, 2.24) is 0 Å². The smallest absolute Gasteiger partial charge is 0.103 e. The molecular weight excluding hydrogens is 222 g/mol. The molecule has 0 saturated carbocycles. The van der Waals surface area contributed by atoms with Crippen molar-refractivity contribution in [2.45, 2.75) is 39.2 Å². The Morgan fingerprint density at radius 2 is 1.94 bits per heavy atom. The molecule has 0 radical (unpaired) electrons. The third-order valence-electron chi connectivity index (χ3n) is 3.18. The summed E-state index contributed by atoms with van der Waals surface area (Å²) >= 11 is 0. The second kappa shape index (κ2) is 6.29. The first-order chi connectivity index (χ1) is 8.78. The standard InChI is InChI=1S/C16H21NO/c1-3-14-7-9-15(10-8-14)17-13(2)6-11-16-5-4-12-18-16/h4-5,7-10,12-13,17H,3,6,11H2,1-2H3. The second-order valence-electron chi connectivity index (χ2n) is 4.71. The summed E-state index contributed by atoms with van der Waals surface area (Å²) < 4.78 is 5.34. The lowest BCUT2D eigenvalue weighted by atomic mass is 10.1. The van der Waals surface area contributed by atoms with Gasteiger partial charge in [0.05, 0.1) is 6.26 Å². The molecule has 1 aromatic heterocycles. The van der Waals surface area contributed by atoms with Crippen LogP contribution in [-0.4, -0.2) is 6.04 Å². The highest BCUT2D eigenvalue weighted by atomic mass is 16.3. The zero-order chi connectivity index (χ0) is 12.8. The van der Waals surface area contributed by atoms with Gasteiger partial charge in [-0.05, 0) is 49.6 Å². The molecule has 0 saturated heterocycles. The Labute approximate surface area is 109 Å². The van der Waals surface area contributed by atoms with Gasteiger partial charge in [0, 0.05) is 18.2 Å². The minimum atomic E-state index is 0.447. The van der Waals surface area contributed by atoms with Gasteiger partial charge in [-0.1, -0.05) is 19.1 Å². The van der Waals surface area contributed by atoms with Crippen LogP contribution in [0.1, 0.15) is 31.6 Å². The van der Waals surface area contributed by atoms with E-state index in [1.54, 1.807) is 6.26 Å². The van der Waals surface area contributed by atoms with Gasteiger partial charge in [-0.2, -0.15) is 0 Å². The van der Waals surface area contributed by atoms with Crippen molar-refractivity contribution in [3.63, 3.8) is 0 Å². The molecule has 2 aromatic rings. The minimum Gasteiger partial charge on any atom is -0.469 e. The van der Waals surface area contributed by atoms with E-state index in [4.69, 9.17) is 4.42 Å². The van der Waals surface area contributed by atoms with Gasteiger partial charge in [0.25, 0.3) is 0 Å². The van der Waals surface area contributed by atoms with E-state index in [-0.39, 0.29) is 0 Å². The Morgan fingerprint density at radius 1 is 1.17 bits per heavy atom. The topological polar surface area (TPSA) is 25.2 Å². The highest BCUT2D eigenvalue weighted by molar-refractivity contribution is 5.45. The number of hydrogen-bond acceptors (Lipinski definition) is 2. The summed E-state index contributed by atoms with van der Waals surface area (Å²) in [6.45, 7) is 4.38. The highest BCUT2D eigenvalue weighted by Crippen LogP contribution is 2.13. The first-order valence-electron chi connectivity index (χ1n) is 6.66. The number of nitrogens with one attached hydrogen (secondary N) is 1. The maximum absolute atomic E-state index is 5.34. The molecule has 2 rings (SSSR count). The fraction of sp³-hybridized carbons (Fsp3) is 0.375. The van der Waals surface area contributed by atoms with Crippen LogP contribution in [0.4, 0.5) is 5.69 Å². The summed E-state index contributed by atoms with van der Waals surface area (Å²) in [6.07, 6.45) is 4.88. The van der Waals surface area contributed by atoms with Crippen LogP contribution in [-0.2, 0) is 12.8 Å². The van der Waals surface area contributed by atoms with E-state index in [1.807, 2.05) is 12.1 Å². The maximum Gasteiger partial charge on any atom is 0.103 e. The average molecular weight is 243 g/mol. The Balaban J connectivity index is 1.80. The Kier molecular flexibility index (Phi) is 4.46. The van der Waals surface area contributed by atoms with Crippen LogP contribution < -0.4 is 5.32 Å². The van der Waals surface area contributed by atoms with Crippen LogP contribution in [0.3, 0.4) is 0 Å². The van der Waals surface area contributed by atoms with E-state index >= 15 is 0 Å². The molecule has 96 valence electrons. The molecule has 1 heterocycles. The Bertz CT molecular complexity index is 444. The van der Waals surface area contributed by atoms with Crippen molar-refractivity contribution in [2.75, 3.05) is 5.32 Å².